The zero-order chi connectivity index (χ0) is 22.7. The minimum atomic E-state index is -0.567. The molecule has 0 aliphatic carbocycles. The quantitative estimate of drug-likeness (QED) is 0.658. The maximum atomic E-state index is 12.7. The topological polar surface area (TPSA) is 74.0 Å². The lowest BCUT2D eigenvalue weighted by molar-refractivity contribution is -0.155. The second kappa shape index (κ2) is 10.2. The number of methoxy groups -OCH3 is 2. The van der Waals surface area contributed by atoms with E-state index in [0.29, 0.717) is 17.9 Å². The van der Waals surface area contributed by atoms with E-state index in [9.17, 15) is 4.79 Å². The largest absolute Gasteiger partial charge is 0.493 e. The third-order valence-corrected chi connectivity index (χ3v) is 6.87. The van der Waals surface area contributed by atoms with Crippen molar-refractivity contribution in [3.63, 3.8) is 0 Å². The van der Waals surface area contributed by atoms with Crippen LogP contribution in [0.5, 0.6) is 11.5 Å². The van der Waals surface area contributed by atoms with Gasteiger partial charge < -0.3 is 19.9 Å². The molecule has 0 aromatic heterocycles. The molecule has 6 nitrogen and oxygen atoms in total. The van der Waals surface area contributed by atoms with E-state index < -0.39 is 6.04 Å². The van der Waals surface area contributed by atoms with E-state index in [2.05, 4.69) is 30.9 Å². The van der Waals surface area contributed by atoms with Gasteiger partial charge in [0.25, 0.3) is 0 Å². The molecule has 1 aromatic carbocycles. The van der Waals surface area contributed by atoms with Gasteiger partial charge in [-0.2, -0.15) is 0 Å². The first kappa shape index (κ1) is 23.9. The summed E-state index contributed by atoms with van der Waals surface area (Å²) in [6.45, 7) is 10.3. The lowest BCUT2D eigenvalue weighted by atomic mass is 9.89. The Hall–Kier alpha value is -1.79. The molecule has 0 saturated carbocycles. The second-order valence-corrected chi connectivity index (χ2v) is 9.88. The molecule has 174 valence electrons. The Morgan fingerprint density at radius 2 is 1.81 bits per heavy atom. The standard InChI is InChI=1S/C25H40N2O4/c1-15(2)11-18-14-27-10-9-17-12-22(29-5)23(30-6)13-19(17)20(27)7-8-21(18)31-25(28)24(26)16(3)4/h12-13,15-16,18,20-21,24H,7-11,14,26H2,1-6H3/t18-,20-,21-,24+/m1/s1. The maximum Gasteiger partial charge on any atom is 0.323 e. The smallest absolute Gasteiger partial charge is 0.323 e. The predicted molar refractivity (Wildman–Crippen MR) is 122 cm³/mol. The zero-order valence-corrected chi connectivity index (χ0v) is 20.0. The molecule has 2 heterocycles. The van der Waals surface area contributed by atoms with Gasteiger partial charge in [-0.05, 0) is 60.8 Å². The van der Waals surface area contributed by atoms with Crippen LogP contribution >= 0.6 is 0 Å². The Kier molecular flexibility index (Phi) is 7.87. The number of hydrogen-bond acceptors (Lipinski definition) is 6. The number of carbonyl (C=O) groups excluding carboxylic acids is 1. The Bertz CT molecular complexity index is 764. The molecule has 2 aliphatic heterocycles. The van der Waals surface area contributed by atoms with Crippen LogP contribution in [0.4, 0.5) is 0 Å². The highest BCUT2D eigenvalue weighted by Crippen LogP contribution is 2.43. The monoisotopic (exact) mass is 432 g/mol. The summed E-state index contributed by atoms with van der Waals surface area (Å²) >= 11 is 0. The number of benzene rings is 1. The van der Waals surface area contributed by atoms with Gasteiger partial charge in [0.2, 0.25) is 0 Å². The Balaban J connectivity index is 1.86. The Morgan fingerprint density at radius 3 is 2.42 bits per heavy atom. The summed E-state index contributed by atoms with van der Waals surface area (Å²) in [5, 5.41) is 0. The van der Waals surface area contributed by atoms with Crippen molar-refractivity contribution in [3.8, 4) is 11.5 Å². The van der Waals surface area contributed by atoms with Gasteiger partial charge >= 0.3 is 5.97 Å². The number of hydrogen-bond donors (Lipinski definition) is 1. The van der Waals surface area contributed by atoms with Crippen molar-refractivity contribution in [2.75, 3.05) is 27.3 Å². The third-order valence-electron chi connectivity index (χ3n) is 6.87. The van der Waals surface area contributed by atoms with Crippen molar-refractivity contribution in [1.82, 2.24) is 4.90 Å². The zero-order valence-electron chi connectivity index (χ0n) is 20.0. The summed E-state index contributed by atoms with van der Waals surface area (Å²) < 4.78 is 17.1. The van der Waals surface area contributed by atoms with Crippen molar-refractivity contribution in [3.05, 3.63) is 23.3 Å². The summed E-state index contributed by atoms with van der Waals surface area (Å²) in [4.78, 5) is 15.3. The number of carbonyl (C=O) groups is 1. The van der Waals surface area contributed by atoms with Crippen LogP contribution in [0.3, 0.4) is 0 Å². The molecule has 0 unspecified atom stereocenters. The van der Waals surface area contributed by atoms with Crippen molar-refractivity contribution in [1.29, 1.82) is 0 Å². The van der Waals surface area contributed by atoms with Crippen molar-refractivity contribution in [2.24, 2.45) is 23.5 Å². The van der Waals surface area contributed by atoms with Gasteiger partial charge in [-0.25, -0.2) is 0 Å². The van der Waals surface area contributed by atoms with Crippen molar-refractivity contribution < 1.29 is 19.0 Å². The molecule has 1 aromatic rings. The first-order chi connectivity index (χ1) is 14.7. The lowest BCUT2D eigenvalue weighted by Gasteiger charge is -2.38. The summed E-state index contributed by atoms with van der Waals surface area (Å²) in [6.07, 6.45) is 3.74. The predicted octanol–water partition coefficient (Wildman–Crippen LogP) is 3.95. The average molecular weight is 433 g/mol. The molecule has 0 bridgehead atoms. The van der Waals surface area contributed by atoms with E-state index in [-0.39, 0.29) is 18.0 Å². The van der Waals surface area contributed by atoms with Gasteiger partial charge in [-0.1, -0.05) is 27.7 Å². The highest BCUT2D eigenvalue weighted by molar-refractivity contribution is 5.76. The highest BCUT2D eigenvalue weighted by Gasteiger charge is 2.38. The van der Waals surface area contributed by atoms with Crippen LogP contribution in [0.25, 0.3) is 0 Å². The number of rotatable bonds is 7. The minimum absolute atomic E-state index is 0.0717. The van der Waals surface area contributed by atoms with Crippen LogP contribution in [-0.2, 0) is 16.0 Å². The van der Waals surface area contributed by atoms with Crippen LogP contribution in [0, 0.1) is 17.8 Å². The number of esters is 1. The fourth-order valence-corrected chi connectivity index (χ4v) is 5.10. The number of fused-ring (bicyclic) bond motifs is 3. The minimum Gasteiger partial charge on any atom is -0.493 e. The molecule has 1 fully saturated rings. The third kappa shape index (κ3) is 5.35. The normalized spacial score (nSPS) is 24.9. The first-order valence-electron chi connectivity index (χ1n) is 11.7. The molecular formula is C25H40N2O4. The van der Waals surface area contributed by atoms with E-state index in [4.69, 9.17) is 19.9 Å². The number of ether oxygens (including phenoxy) is 3. The van der Waals surface area contributed by atoms with Gasteiger partial charge in [0.15, 0.2) is 11.5 Å². The molecule has 6 heteroatoms. The van der Waals surface area contributed by atoms with Crippen LogP contribution in [0.2, 0.25) is 0 Å². The number of nitrogens with two attached hydrogens (primary N) is 1. The van der Waals surface area contributed by atoms with Gasteiger partial charge in [-0.3, -0.25) is 9.69 Å². The fraction of sp³-hybridized carbons (Fsp3) is 0.720. The fourth-order valence-electron chi connectivity index (χ4n) is 5.10. The second-order valence-electron chi connectivity index (χ2n) is 9.88. The Labute approximate surface area is 187 Å². The van der Waals surface area contributed by atoms with E-state index in [1.807, 2.05) is 13.8 Å². The summed E-state index contributed by atoms with van der Waals surface area (Å²) in [6, 6.07) is 4.01. The SMILES string of the molecule is COc1cc2c(cc1OC)[C@H]1CC[C@@H](OC(=O)[C@@H](N)C(C)C)[C@H](CC(C)C)CN1CC2. The molecule has 2 N–H and O–H groups in total. The number of nitrogens with zero attached hydrogens (tertiary/aromatic N) is 1. The molecule has 31 heavy (non-hydrogen) atoms. The summed E-state index contributed by atoms with van der Waals surface area (Å²) in [5.74, 6) is 2.23. The molecule has 0 amide bonds. The van der Waals surface area contributed by atoms with Gasteiger partial charge in [0, 0.05) is 25.0 Å². The van der Waals surface area contributed by atoms with E-state index >= 15 is 0 Å². The maximum absolute atomic E-state index is 12.7. The Morgan fingerprint density at radius 1 is 1.13 bits per heavy atom. The van der Waals surface area contributed by atoms with Crippen LogP contribution in [0.1, 0.15) is 64.1 Å². The van der Waals surface area contributed by atoms with Gasteiger partial charge in [0.1, 0.15) is 12.1 Å². The van der Waals surface area contributed by atoms with Crippen molar-refractivity contribution in [2.45, 2.75) is 71.6 Å². The summed E-state index contributed by atoms with van der Waals surface area (Å²) in [5.41, 5.74) is 8.74. The summed E-state index contributed by atoms with van der Waals surface area (Å²) in [7, 11) is 3.37. The molecule has 1 saturated heterocycles. The highest BCUT2D eigenvalue weighted by atomic mass is 16.5. The molecular weight excluding hydrogens is 392 g/mol. The van der Waals surface area contributed by atoms with Gasteiger partial charge in [-0.15, -0.1) is 0 Å². The first-order valence-corrected chi connectivity index (χ1v) is 11.7. The van der Waals surface area contributed by atoms with E-state index in [1.54, 1.807) is 14.2 Å². The molecule has 2 aliphatic rings. The van der Waals surface area contributed by atoms with E-state index in [0.717, 1.165) is 50.3 Å². The lowest BCUT2D eigenvalue weighted by Crippen LogP contribution is -2.42. The average Bonchev–Trinajstić information content (AvgIpc) is 2.90. The molecule has 4 atom stereocenters. The van der Waals surface area contributed by atoms with Crippen LogP contribution < -0.4 is 15.2 Å². The molecule has 0 radical (unpaired) electrons. The van der Waals surface area contributed by atoms with Gasteiger partial charge in [0.05, 0.1) is 14.2 Å². The molecule has 3 rings (SSSR count). The van der Waals surface area contributed by atoms with Crippen LogP contribution in [-0.4, -0.2) is 50.3 Å². The van der Waals surface area contributed by atoms with E-state index in [1.165, 1.54) is 11.1 Å². The molecule has 0 spiro atoms. The van der Waals surface area contributed by atoms with Crippen molar-refractivity contribution >= 4 is 5.97 Å². The van der Waals surface area contributed by atoms with Crippen LogP contribution in [0.15, 0.2) is 12.1 Å².